The fourth-order valence-corrected chi connectivity index (χ4v) is 1.86. The lowest BCUT2D eigenvalue weighted by Gasteiger charge is -2.14. The molecule has 0 radical (unpaired) electrons. The van der Waals surface area contributed by atoms with Crippen LogP contribution in [0.25, 0.3) is 0 Å². The molecule has 2 N–H and O–H groups in total. The highest BCUT2D eigenvalue weighted by Gasteiger charge is 2.20. The molecule has 3 heteroatoms. The van der Waals surface area contributed by atoms with E-state index in [-0.39, 0.29) is 5.82 Å². The SMILES string of the molecule is CC(CNC1CC1)NCCc1cccc(F)c1. The Morgan fingerprint density at radius 3 is 2.94 bits per heavy atom. The summed E-state index contributed by atoms with van der Waals surface area (Å²) in [4.78, 5) is 0. The summed E-state index contributed by atoms with van der Waals surface area (Å²) < 4.78 is 12.9. The van der Waals surface area contributed by atoms with Gasteiger partial charge in [0.05, 0.1) is 0 Å². The van der Waals surface area contributed by atoms with Crippen LogP contribution in [0.15, 0.2) is 24.3 Å². The normalized spacial score (nSPS) is 17.1. The third-order valence-electron chi connectivity index (χ3n) is 3.09. The molecule has 0 saturated heterocycles. The van der Waals surface area contributed by atoms with Crippen molar-refractivity contribution in [3.8, 4) is 0 Å². The maximum absolute atomic E-state index is 12.9. The minimum absolute atomic E-state index is 0.147. The first-order valence-corrected chi connectivity index (χ1v) is 6.45. The Hall–Kier alpha value is -0.930. The minimum Gasteiger partial charge on any atom is -0.313 e. The van der Waals surface area contributed by atoms with Gasteiger partial charge in [0, 0.05) is 18.6 Å². The summed E-state index contributed by atoms with van der Waals surface area (Å²) in [7, 11) is 0. The third kappa shape index (κ3) is 4.84. The minimum atomic E-state index is -0.147. The van der Waals surface area contributed by atoms with E-state index in [9.17, 15) is 4.39 Å². The summed E-state index contributed by atoms with van der Waals surface area (Å²) in [6.45, 7) is 4.10. The quantitative estimate of drug-likeness (QED) is 0.757. The standard InChI is InChI=1S/C14H21FN2/c1-11(10-17-14-5-6-14)16-8-7-12-3-2-4-13(15)9-12/h2-4,9,11,14,16-17H,5-8,10H2,1H3. The van der Waals surface area contributed by atoms with Gasteiger partial charge in [-0.3, -0.25) is 0 Å². The van der Waals surface area contributed by atoms with Crippen LogP contribution in [0.1, 0.15) is 25.3 Å². The Balaban J connectivity index is 1.61. The molecule has 1 unspecified atom stereocenters. The van der Waals surface area contributed by atoms with Crippen LogP contribution in [-0.2, 0) is 6.42 Å². The van der Waals surface area contributed by atoms with Crippen molar-refractivity contribution >= 4 is 0 Å². The van der Waals surface area contributed by atoms with Gasteiger partial charge in [0.1, 0.15) is 5.82 Å². The van der Waals surface area contributed by atoms with Crippen molar-refractivity contribution in [2.45, 2.75) is 38.3 Å². The van der Waals surface area contributed by atoms with Gasteiger partial charge in [-0.25, -0.2) is 4.39 Å². The predicted octanol–water partition coefficient (Wildman–Crippen LogP) is 2.10. The van der Waals surface area contributed by atoms with Gasteiger partial charge in [0.15, 0.2) is 0 Å². The van der Waals surface area contributed by atoms with E-state index < -0.39 is 0 Å². The van der Waals surface area contributed by atoms with Crippen LogP contribution in [0.2, 0.25) is 0 Å². The van der Waals surface area contributed by atoms with Gasteiger partial charge in [-0.2, -0.15) is 0 Å². The zero-order chi connectivity index (χ0) is 12.1. The van der Waals surface area contributed by atoms with E-state index in [0.717, 1.165) is 31.1 Å². The molecule has 17 heavy (non-hydrogen) atoms. The maximum Gasteiger partial charge on any atom is 0.123 e. The van der Waals surface area contributed by atoms with Crippen LogP contribution >= 0.6 is 0 Å². The lowest BCUT2D eigenvalue weighted by molar-refractivity contribution is 0.503. The topological polar surface area (TPSA) is 24.1 Å². The number of benzene rings is 1. The van der Waals surface area contributed by atoms with E-state index in [1.165, 1.54) is 18.9 Å². The van der Waals surface area contributed by atoms with E-state index >= 15 is 0 Å². The van der Waals surface area contributed by atoms with Crippen LogP contribution < -0.4 is 10.6 Å². The Kier molecular flexibility index (Phi) is 4.51. The summed E-state index contributed by atoms with van der Waals surface area (Å²) in [5.41, 5.74) is 1.06. The average molecular weight is 236 g/mol. The summed E-state index contributed by atoms with van der Waals surface area (Å²) in [6.07, 6.45) is 3.54. The molecule has 0 bridgehead atoms. The van der Waals surface area contributed by atoms with E-state index in [1.54, 1.807) is 12.1 Å². The van der Waals surface area contributed by atoms with Crippen molar-refractivity contribution in [3.05, 3.63) is 35.6 Å². The van der Waals surface area contributed by atoms with Gasteiger partial charge in [-0.05, 0) is 50.4 Å². The fourth-order valence-electron chi connectivity index (χ4n) is 1.86. The van der Waals surface area contributed by atoms with Gasteiger partial charge in [0.2, 0.25) is 0 Å². The van der Waals surface area contributed by atoms with E-state index in [1.807, 2.05) is 6.07 Å². The molecule has 1 aromatic rings. The average Bonchev–Trinajstić information content (AvgIpc) is 3.10. The highest BCUT2D eigenvalue weighted by atomic mass is 19.1. The van der Waals surface area contributed by atoms with Crippen molar-refractivity contribution < 1.29 is 4.39 Å². The molecule has 0 aromatic heterocycles. The molecule has 1 aliphatic rings. The molecular formula is C14H21FN2. The molecule has 1 atom stereocenters. The molecule has 1 saturated carbocycles. The van der Waals surface area contributed by atoms with Crippen LogP contribution in [0.5, 0.6) is 0 Å². The van der Waals surface area contributed by atoms with Gasteiger partial charge in [0.25, 0.3) is 0 Å². The van der Waals surface area contributed by atoms with E-state index in [2.05, 4.69) is 17.6 Å². The number of rotatable bonds is 7. The van der Waals surface area contributed by atoms with Crippen molar-refractivity contribution in [2.75, 3.05) is 13.1 Å². The molecule has 1 fully saturated rings. The van der Waals surface area contributed by atoms with Gasteiger partial charge < -0.3 is 10.6 Å². The van der Waals surface area contributed by atoms with E-state index in [4.69, 9.17) is 0 Å². The molecule has 2 nitrogen and oxygen atoms in total. The Morgan fingerprint density at radius 2 is 2.24 bits per heavy atom. The molecule has 0 aliphatic heterocycles. The Labute approximate surface area is 103 Å². The van der Waals surface area contributed by atoms with Crippen molar-refractivity contribution in [1.82, 2.24) is 10.6 Å². The molecular weight excluding hydrogens is 215 g/mol. The molecule has 2 rings (SSSR count). The van der Waals surface area contributed by atoms with Crippen LogP contribution in [0.3, 0.4) is 0 Å². The van der Waals surface area contributed by atoms with Crippen molar-refractivity contribution in [3.63, 3.8) is 0 Å². The monoisotopic (exact) mass is 236 g/mol. The Bertz CT molecular complexity index is 350. The molecule has 0 amide bonds. The van der Waals surface area contributed by atoms with Gasteiger partial charge in [-0.15, -0.1) is 0 Å². The number of nitrogens with one attached hydrogen (secondary N) is 2. The van der Waals surface area contributed by atoms with Crippen molar-refractivity contribution in [1.29, 1.82) is 0 Å². The zero-order valence-electron chi connectivity index (χ0n) is 10.4. The lowest BCUT2D eigenvalue weighted by Crippen LogP contribution is -2.38. The second-order valence-corrected chi connectivity index (χ2v) is 4.92. The van der Waals surface area contributed by atoms with Gasteiger partial charge >= 0.3 is 0 Å². The molecule has 94 valence electrons. The summed E-state index contributed by atoms with van der Waals surface area (Å²) in [5.74, 6) is -0.147. The summed E-state index contributed by atoms with van der Waals surface area (Å²) in [5, 5.41) is 6.94. The number of hydrogen-bond donors (Lipinski definition) is 2. The Morgan fingerprint density at radius 1 is 1.41 bits per heavy atom. The fraction of sp³-hybridized carbons (Fsp3) is 0.571. The molecule has 1 aliphatic carbocycles. The lowest BCUT2D eigenvalue weighted by atomic mass is 10.1. The highest BCUT2D eigenvalue weighted by molar-refractivity contribution is 5.16. The number of halogens is 1. The van der Waals surface area contributed by atoms with E-state index in [0.29, 0.717) is 6.04 Å². The van der Waals surface area contributed by atoms with Gasteiger partial charge in [-0.1, -0.05) is 12.1 Å². The smallest absolute Gasteiger partial charge is 0.123 e. The largest absolute Gasteiger partial charge is 0.313 e. The first-order valence-electron chi connectivity index (χ1n) is 6.45. The highest BCUT2D eigenvalue weighted by Crippen LogP contribution is 2.18. The maximum atomic E-state index is 12.9. The third-order valence-corrected chi connectivity index (χ3v) is 3.09. The number of hydrogen-bond acceptors (Lipinski definition) is 2. The predicted molar refractivity (Wildman–Crippen MR) is 68.6 cm³/mol. The summed E-state index contributed by atoms with van der Waals surface area (Å²) >= 11 is 0. The van der Waals surface area contributed by atoms with Crippen LogP contribution in [0.4, 0.5) is 4.39 Å². The second kappa shape index (κ2) is 6.12. The first-order chi connectivity index (χ1) is 8.24. The first kappa shape index (κ1) is 12.5. The summed E-state index contributed by atoms with van der Waals surface area (Å²) in [6, 6.07) is 8.07. The van der Waals surface area contributed by atoms with Crippen LogP contribution in [-0.4, -0.2) is 25.2 Å². The molecule has 0 spiro atoms. The van der Waals surface area contributed by atoms with Crippen LogP contribution in [0, 0.1) is 5.82 Å². The van der Waals surface area contributed by atoms with Crippen molar-refractivity contribution in [2.24, 2.45) is 0 Å². The second-order valence-electron chi connectivity index (χ2n) is 4.92. The zero-order valence-corrected chi connectivity index (χ0v) is 10.4. The molecule has 1 aromatic carbocycles. The molecule has 0 heterocycles.